The van der Waals surface area contributed by atoms with Crippen molar-refractivity contribution in [2.24, 2.45) is 5.92 Å². The number of carbonyl (C=O) groups excluding carboxylic acids is 1. The fourth-order valence-corrected chi connectivity index (χ4v) is 4.78. The normalized spacial score (nSPS) is 15.2. The standard InChI is InChI=1S/C26H31N3O6S/c1-15-6-8-18(9-7-15)23-22(24(30)27-3)20-13-19(17-10-11-17)21(28-25(20)35-23)14-29(36(33)34)12-4-5-16(2)26(31)32/h6-9,13,16-17H,4-5,10-12,14H2,1-3H3,(H,27,30)(H,31,32)(H,33,34)/p-1/t16-/m1/s1. The van der Waals surface area contributed by atoms with Crippen LogP contribution < -0.4 is 5.32 Å². The zero-order valence-corrected chi connectivity index (χ0v) is 21.4. The van der Waals surface area contributed by atoms with Crippen LogP contribution in [0.25, 0.3) is 22.4 Å². The lowest BCUT2D eigenvalue weighted by atomic mass is 10.0. The van der Waals surface area contributed by atoms with Crippen LogP contribution in [0.4, 0.5) is 0 Å². The van der Waals surface area contributed by atoms with Crippen LogP contribution in [0.3, 0.4) is 0 Å². The van der Waals surface area contributed by atoms with E-state index in [1.807, 2.05) is 37.3 Å². The molecule has 1 amide bonds. The second-order valence-electron chi connectivity index (χ2n) is 9.36. The summed E-state index contributed by atoms with van der Waals surface area (Å²) in [6.07, 6.45) is 2.73. The number of carboxylic acid groups (broad SMARTS) is 1. The molecule has 0 aliphatic heterocycles. The van der Waals surface area contributed by atoms with Crippen molar-refractivity contribution in [3.63, 3.8) is 0 Å². The van der Waals surface area contributed by atoms with Gasteiger partial charge < -0.3 is 19.4 Å². The summed E-state index contributed by atoms with van der Waals surface area (Å²) >= 11 is -2.50. The van der Waals surface area contributed by atoms with E-state index in [-0.39, 0.29) is 30.6 Å². The van der Waals surface area contributed by atoms with E-state index >= 15 is 0 Å². The monoisotopic (exact) mass is 512 g/mol. The van der Waals surface area contributed by atoms with Crippen LogP contribution in [0.5, 0.6) is 0 Å². The maximum atomic E-state index is 12.9. The van der Waals surface area contributed by atoms with Crippen LogP contribution >= 0.6 is 0 Å². The Morgan fingerprint density at radius 2 is 2.00 bits per heavy atom. The first-order chi connectivity index (χ1) is 17.2. The molecule has 1 aliphatic rings. The third kappa shape index (κ3) is 5.66. The maximum absolute atomic E-state index is 12.9. The molecule has 10 heteroatoms. The van der Waals surface area contributed by atoms with E-state index in [1.54, 1.807) is 14.0 Å². The number of rotatable bonds is 11. The van der Waals surface area contributed by atoms with Gasteiger partial charge >= 0.3 is 5.97 Å². The number of nitrogens with zero attached hydrogens (tertiary/aromatic N) is 2. The van der Waals surface area contributed by atoms with Crippen molar-refractivity contribution in [3.05, 3.63) is 52.7 Å². The van der Waals surface area contributed by atoms with Gasteiger partial charge in [-0.1, -0.05) is 36.8 Å². The molecule has 2 aromatic heterocycles. The second-order valence-corrected chi connectivity index (χ2v) is 10.3. The van der Waals surface area contributed by atoms with Crippen LogP contribution in [0.15, 0.2) is 34.7 Å². The molecular formula is C26H30N3O6S-. The largest absolute Gasteiger partial charge is 0.760 e. The number of carboxylic acids is 1. The van der Waals surface area contributed by atoms with Crippen LogP contribution in [0.1, 0.15) is 65.7 Å². The number of aliphatic carboxylic acids is 1. The molecule has 9 nitrogen and oxygen atoms in total. The summed E-state index contributed by atoms with van der Waals surface area (Å²) in [5.41, 5.74) is 4.02. The van der Waals surface area contributed by atoms with Gasteiger partial charge in [-0.25, -0.2) is 9.29 Å². The molecule has 1 saturated carbocycles. The minimum absolute atomic E-state index is 0.0508. The Hall–Kier alpha value is -3.08. The van der Waals surface area contributed by atoms with Gasteiger partial charge in [0, 0.05) is 30.4 Å². The molecule has 1 aromatic carbocycles. The molecule has 2 atom stereocenters. The number of aromatic nitrogens is 1. The summed E-state index contributed by atoms with van der Waals surface area (Å²) in [5, 5.41) is 12.4. The first-order valence-corrected chi connectivity index (χ1v) is 13.0. The number of fused-ring (bicyclic) bond motifs is 1. The quantitative estimate of drug-likeness (QED) is 0.369. The van der Waals surface area contributed by atoms with Gasteiger partial charge in [-0.2, -0.15) is 0 Å². The third-order valence-corrected chi connectivity index (χ3v) is 7.32. The van der Waals surface area contributed by atoms with Crippen LogP contribution in [-0.2, 0) is 22.6 Å². The summed E-state index contributed by atoms with van der Waals surface area (Å²) < 4.78 is 31.3. The Balaban J connectivity index is 1.72. The molecule has 4 rings (SSSR count). The smallest absolute Gasteiger partial charge is 0.306 e. The molecule has 2 heterocycles. The Morgan fingerprint density at radius 1 is 1.31 bits per heavy atom. The van der Waals surface area contributed by atoms with Crippen LogP contribution in [0, 0.1) is 12.8 Å². The summed E-state index contributed by atoms with van der Waals surface area (Å²) in [4.78, 5) is 28.7. The summed E-state index contributed by atoms with van der Waals surface area (Å²) in [6, 6.07) is 9.58. The number of hydrogen-bond acceptors (Lipinski definition) is 6. The van der Waals surface area contributed by atoms with Gasteiger partial charge in [-0.15, -0.1) is 0 Å². The molecule has 2 N–H and O–H groups in total. The van der Waals surface area contributed by atoms with E-state index in [9.17, 15) is 18.4 Å². The Labute approximate surface area is 212 Å². The Morgan fingerprint density at radius 3 is 2.58 bits per heavy atom. The number of carbonyl (C=O) groups is 2. The lowest BCUT2D eigenvalue weighted by Gasteiger charge is -2.25. The molecule has 3 aromatic rings. The Bertz CT molecular complexity index is 1300. The summed E-state index contributed by atoms with van der Waals surface area (Å²) in [7, 11) is 1.57. The number of furan rings is 1. The molecule has 0 bridgehead atoms. The molecule has 0 saturated heterocycles. The number of aryl methyl sites for hydroxylation is 1. The fourth-order valence-electron chi connectivity index (χ4n) is 4.28. The molecule has 1 fully saturated rings. The zero-order chi connectivity index (χ0) is 26.0. The van der Waals surface area contributed by atoms with Crippen molar-refractivity contribution < 1.29 is 27.9 Å². The van der Waals surface area contributed by atoms with Gasteiger partial charge in [0.15, 0.2) is 0 Å². The van der Waals surface area contributed by atoms with Crippen molar-refractivity contribution in [2.45, 2.75) is 52.0 Å². The van der Waals surface area contributed by atoms with Gasteiger partial charge in [0.2, 0.25) is 5.71 Å². The van der Waals surface area contributed by atoms with Gasteiger partial charge in [-0.3, -0.25) is 13.8 Å². The topological polar surface area (TPSA) is 136 Å². The van der Waals surface area contributed by atoms with Crippen molar-refractivity contribution in [3.8, 4) is 11.3 Å². The highest BCUT2D eigenvalue weighted by atomic mass is 32.2. The number of hydrogen-bond donors (Lipinski definition) is 2. The minimum Gasteiger partial charge on any atom is -0.760 e. The molecule has 0 radical (unpaired) electrons. The number of benzene rings is 1. The van der Waals surface area contributed by atoms with Crippen molar-refractivity contribution in [1.29, 1.82) is 0 Å². The fraction of sp³-hybridized carbons (Fsp3) is 0.423. The number of nitrogens with one attached hydrogen (secondary N) is 1. The van der Waals surface area contributed by atoms with Crippen molar-refractivity contribution in [1.82, 2.24) is 14.6 Å². The highest BCUT2D eigenvalue weighted by Gasteiger charge is 2.31. The maximum Gasteiger partial charge on any atom is 0.306 e. The number of pyridine rings is 1. The molecular weight excluding hydrogens is 482 g/mol. The third-order valence-electron chi connectivity index (χ3n) is 6.58. The summed E-state index contributed by atoms with van der Waals surface area (Å²) in [5.74, 6) is -1.06. The van der Waals surface area contributed by atoms with E-state index in [2.05, 4.69) is 5.32 Å². The first-order valence-electron chi connectivity index (χ1n) is 12.0. The van der Waals surface area contributed by atoms with Gasteiger partial charge in [0.25, 0.3) is 5.91 Å². The van der Waals surface area contributed by atoms with Crippen LogP contribution in [0.2, 0.25) is 0 Å². The second kappa shape index (κ2) is 10.9. The van der Waals surface area contributed by atoms with E-state index in [4.69, 9.17) is 14.5 Å². The number of amides is 1. The lowest BCUT2D eigenvalue weighted by Crippen LogP contribution is -2.28. The minimum atomic E-state index is -2.50. The van der Waals surface area contributed by atoms with E-state index in [1.165, 1.54) is 4.31 Å². The molecule has 1 aliphatic carbocycles. The van der Waals surface area contributed by atoms with Gasteiger partial charge in [0.05, 0.1) is 29.1 Å². The average Bonchev–Trinajstić information content (AvgIpc) is 3.63. The SMILES string of the molecule is CNC(=O)c1c(-c2ccc(C)cc2)oc2nc(CN(CCC[C@@H](C)C(=O)O)S(=O)[O-])c(C3CC3)cc12. The van der Waals surface area contributed by atoms with E-state index in [0.29, 0.717) is 35.2 Å². The highest BCUT2D eigenvalue weighted by Crippen LogP contribution is 2.44. The molecule has 36 heavy (non-hydrogen) atoms. The van der Waals surface area contributed by atoms with Gasteiger partial charge in [-0.05, 0) is 50.2 Å². The zero-order valence-electron chi connectivity index (χ0n) is 20.6. The van der Waals surface area contributed by atoms with Crippen molar-refractivity contribution >= 4 is 34.2 Å². The molecule has 1 unspecified atom stereocenters. The van der Waals surface area contributed by atoms with E-state index < -0.39 is 23.2 Å². The van der Waals surface area contributed by atoms with Gasteiger partial charge in [0.1, 0.15) is 5.76 Å². The first kappa shape index (κ1) is 26.0. The summed E-state index contributed by atoms with van der Waals surface area (Å²) in [6.45, 7) is 3.82. The Kier molecular flexibility index (Phi) is 7.87. The lowest BCUT2D eigenvalue weighted by molar-refractivity contribution is -0.141. The average molecular weight is 513 g/mol. The molecule has 0 spiro atoms. The predicted octanol–water partition coefficient (Wildman–Crippen LogP) is 4.14. The van der Waals surface area contributed by atoms with Crippen molar-refractivity contribution in [2.75, 3.05) is 13.6 Å². The van der Waals surface area contributed by atoms with E-state index in [0.717, 1.165) is 29.5 Å². The highest BCUT2D eigenvalue weighted by molar-refractivity contribution is 7.76. The molecule has 192 valence electrons. The predicted molar refractivity (Wildman–Crippen MR) is 135 cm³/mol. The van der Waals surface area contributed by atoms with Crippen LogP contribution in [-0.4, -0.2) is 48.6 Å².